The van der Waals surface area contributed by atoms with Crippen molar-refractivity contribution in [2.75, 3.05) is 26.2 Å². The third-order valence-corrected chi connectivity index (χ3v) is 5.18. The Hall–Kier alpha value is -1.40. The number of nitrogens with two attached hydrogens (primary N) is 1. The van der Waals surface area contributed by atoms with Gasteiger partial charge in [0.15, 0.2) is 0 Å². The number of rotatable bonds is 3. The maximum absolute atomic E-state index is 12.6. The summed E-state index contributed by atoms with van der Waals surface area (Å²) in [6, 6.07) is 0.204. The number of hydrogen-bond acceptors (Lipinski definition) is 5. The summed E-state index contributed by atoms with van der Waals surface area (Å²) in [7, 11) is 0. The van der Waals surface area contributed by atoms with Crippen molar-refractivity contribution in [2.45, 2.75) is 52.1 Å². The van der Waals surface area contributed by atoms with Crippen molar-refractivity contribution < 1.29 is 9.21 Å². The molecule has 1 aromatic heterocycles. The molecule has 0 unspecified atom stereocenters. The summed E-state index contributed by atoms with van der Waals surface area (Å²) in [6.07, 6.45) is 4.00. The van der Waals surface area contributed by atoms with E-state index in [1.54, 1.807) is 0 Å². The smallest absolute Gasteiger partial charge is 0.225 e. The van der Waals surface area contributed by atoms with Crippen molar-refractivity contribution >= 4 is 5.91 Å². The Kier molecular flexibility index (Phi) is 5.02. The van der Waals surface area contributed by atoms with Crippen molar-refractivity contribution in [1.82, 2.24) is 14.8 Å². The quantitative estimate of drug-likeness (QED) is 0.912. The molecule has 0 spiro atoms. The monoisotopic (exact) mass is 320 g/mol. The summed E-state index contributed by atoms with van der Waals surface area (Å²) in [6.45, 7) is 7.98. The van der Waals surface area contributed by atoms with Crippen LogP contribution in [0, 0.1) is 19.8 Å². The van der Waals surface area contributed by atoms with Crippen LogP contribution in [0.1, 0.15) is 43.0 Å². The first-order valence-electron chi connectivity index (χ1n) is 8.72. The SMILES string of the molecule is Cc1nc(CN2CCN(C(=O)[C@@H]3CCC[C@H](N)C3)CC2)oc1C. The fraction of sp³-hybridized carbons (Fsp3) is 0.765. The average molecular weight is 320 g/mol. The standard InChI is InChI=1S/C17H28N4O2/c1-12-13(2)23-16(19-12)11-20-6-8-21(9-7-20)17(22)14-4-3-5-15(18)10-14/h14-15H,3-11,18H2,1-2H3/t14-,15+/m1/s1. The van der Waals surface area contributed by atoms with E-state index in [9.17, 15) is 4.79 Å². The van der Waals surface area contributed by atoms with Crippen molar-refractivity contribution in [3.8, 4) is 0 Å². The zero-order chi connectivity index (χ0) is 16.4. The lowest BCUT2D eigenvalue weighted by Crippen LogP contribution is -2.51. The molecule has 6 nitrogen and oxygen atoms in total. The van der Waals surface area contributed by atoms with Crippen LogP contribution in [0.2, 0.25) is 0 Å². The lowest BCUT2D eigenvalue weighted by molar-refractivity contribution is -0.138. The number of oxazole rings is 1. The van der Waals surface area contributed by atoms with E-state index in [4.69, 9.17) is 10.2 Å². The molecule has 0 bridgehead atoms. The number of hydrogen-bond donors (Lipinski definition) is 1. The molecule has 2 heterocycles. The lowest BCUT2D eigenvalue weighted by atomic mass is 9.85. The first kappa shape index (κ1) is 16.5. The van der Waals surface area contributed by atoms with Gasteiger partial charge in [-0.3, -0.25) is 9.69 Å². The summed E-state index contributed by atoms with van der Waals surface area (Å²) in [5, 5.41) is 0. The van der Waals surface area contributed by atoms with E-state index in [0.717, 1.165) is 75.8 Å². The molecule has 1 aliphatic carbocycles. The second kappa shape index (κ2) is 7.01. The highest BCUT2D eigenvalue weighted by molar-refractivity contribution is 5.79. The molecule has 1 saturated heterocycles. The van der Waals surface area contributed by atoms with Gasteiger partial charge in [0.25, 0.3) is 0 Å². The molecule has 0 aromatic carbocycles. The van der Waals surface area contributed by atoms with E-state index in [0.29, 0.717) is 5.91 Å². The Morgan fingerprint density at radius 3 is 2.61 bits per heavy atom. The van der Waals surface area contributed by atoms with Gasteiger partial charge >= 0.3 is 0 Å². The molecule has 6 heteroatoms. The molecule has 23 heavy (non-hydrogen) atoms. The van der Waals surface area contributed by atoms with Gasteiger partial charge in [-0.1, -0.05) is 6.42 Å². The van der Waals surface area contributed by atoms with Crippen LogP contribution in [-0.2, 0) is 11.3 Å². The number of aryl methyl sites for hydroxylation is 2. The van der Waals surface area contributed by atoms with Gasteiger partial charge in [0.1, 0.15) is 5.76 Å². The molecular weight excluding hydrogens is 292 g/mol. The highest BCUT2D eigenvalue weighted by Crippen LogP contribution is 2.25. The van der Waals surface area contributed by atoms with Crippen molar-refractivity contribution in [3.63, 3.8) is 0 Å². The molecule has 2 atom stereocenters. The van der Waals surface area contributed by atoms with E-state index in [-0.39, 0.29) is 12.0 Å². The van der Waals surface area contributed by atoms with Crippen LogP contribution in [0.25, 0.3) is 0 Å². The van der Waals surface area contributed by atoms with E-state index >= 15 is 0 Å². The predicted molar refractivity (Wildman–Crippen MR) is 87.8 cm³/mol. The van der Waals surface area contributed by atoms with Crippen LogP contribution in [0.15, 0.2) is 4.42 Å². The van der Waals surface area contributed by atoms with Crippen LogP contribution < -0.4 is 5.73 Å². The molecule has 128 valence electrons. The van der Waals surface area contributed by atoms with Gasteiger partial charge in [0.2, 0.25) is 11.8 Å². The third kappa shape index (κ3) is 3.93. The fourth-order valence-corrected chi connectivity index (χ4v) is 3.63. The number of amides is 1. The molecule has 0 radical (unpaired) electrons. The van der Waals surface area contributed by atoms with Crippen LogP contribution in [0.3, 0.4) is 0 Å². The summed E-state index contributed by atoms with van der Waals surface area (Å²) in [5.74, 6) is 2.12. The summed E-state index contributed by atoms with van der Waals surface area (Å²) >= 11 is 0. The number of aromatic nitrogens is 1. The van der Waals surface area contributed by atoms with E-state index in [1.807, 2.05) is 18.7 Å². The zero-order valence-corrected chi connectivity index (χ0v) is 14.3. The minimum Gasteiger partial charge on any atom is -0.444 e. The van der Waals surface area contributed by atoms with E-state index < -0.39 is 0 Å². The molecule has 1 aliphatic heterocycles. The van der Waals surface area contributed by atoms with Gasteiger partial charge in [-0.15, -0.1) is 0 Å². The topological polar surface area (TPSA) is 75.6 Å². The van der Waals surface area contributed by atoms with Gasteiger partial charge < -0.3 is 15.1 Å². The largest absolute Gasteiger partial charge is 0.444 e. The molecular formula is C17H28N4O2. The number of carbonyl (C=O) groups excluding carboxylic acids is 1. The van der Waals surface area contributed by atoms with Gasteiger partial charge in [-0.2, -0.15) is 0 Å². The highest BCUT2D eigenvalue weighted by Gasteiger charge is 2.30. The minimum atomic E-state index is 0.141. The van der Waals surface area contributed by atoms with Crippen LogP contribution >= 0.6 is 0 Å². The maximum Gasteiger partial charge on any atom is 0.225 e. The number of piperazine rings is 1. The second-order valence-electron chi connectivity index (χ2n) is 6.97. The Morgan fingerprint density at radius 1 is 1.26 bits per heavy atom. The van der Waals surface area contributed by atoms with Crippen molar-refractivity contribution in [1.29, 1.82) is 0 Å². The lowest BCUT2D eigenvalue weighted by Gasteiger charge is -2.37. The molecule has 2 N–H and O–H groups in total. The van der Waals surface area contributed by atoms with Gasteiger partial charge in [0.05, 0.1) is 12.2 Å². The molecule has 1 saturated carbocycles. The summed E-state index contributed by atoms with van der Waals surface area (Å²) in [4.78, 5) is 21.4. The summed E-state index contributed by atoms with van der Waals surface area (Å²) < 4.78 is 5.65. The zero-order valence-electron chi connectivity index (χ0n) is 14.3. The fourth-order valence-electron chi connectivity index (χ4n) is 3.63. The highest BCUT2D eigenvalue weighted by atomic mass is 16.4. The Labute approximate surface area is 138 Å². The Bertz CT molecular complexity index is 529. The van der Waals surface area contributed by atoms with Crippen LogP contribution in [-0.4, -0.2) is 52.9 Å². The van der Waals surface area contributed by atoms with Crippen molar-refractivity contribution in [2.24, 2.45) is 11.7 Å². The predicted octanol–water partition coefficient (Wildman–Crippen LogP) is 1.45. The third-order valence-electron chi connectivity index (χ3n) is 5.18. The second-order valence-corrected chi connectivity index (χ2v) is 6.97. The van der Waals surface area contributed by atoms with Crippen molar-refractivity contribution in [3.05, 3.63) is 17.3 Å². The molecule has 2 aliphatic rings. The van der Waals surface area contributed by atoms with E-state index in [2.05, 4.69) is 9.88 Å². The van der Waals surface area contributed by atoms with E-state index in [1.165, 1.54) is 0 Å². The normalized spacial score (nSPS) is 26.5. The molecule has 3 rings (SSSR count). The first-order valence-corrected chi connectivity index (χ1v) is 8.72. The molecule has 1 aromatic rings. The number of carbonyl (C=O) groups is 1. The Morgan fingerprint density at radius 2 is 2.00 bits per heavy atom. The minimum absolute atomic E-state index is 0.141. The average Bonchev–Trinajstić information content (AvgIpc) is 2.85. The molecule has 1 amide bonds. The summed E-state index contributed by atoms with van der Waals surface area (Å²) in [5.41, 5.74) is 6.98. The first-order chi connectivity index (χ1) is 11.0. The van der Waals surface area contributed by atoms with Crippen LogP contribution in [0.5, 0.6) is 0 Å². The van der Waals surface area contributed by atoms with Gasteiger partial charge in [-0.25, -0.2) is 4.98 Å². The molecule has 2 fully saturated rings. The van der Waals surface area contributed by atoms with Gasteiger partial charge in [-0.05, 0) is 33.1 Å². The Balaban J connectivity index is 1.49. The van der Waals surface area contributed by atoms with Gasteiger partial charge in [0, 0.05) is 38.1 Å². The van der Waals surface area contributed by atoms with Crippen LogP contribution in [0.4, 0.5) is 0 Å². The number of nitrogens with zero attached hydrogens (tertiary/aromatic N) is 3. The maximum atomic E-state index is 12.6.